The SMILES string of the molecule is CCOCc1cc(C(=O)N2CCN(Cc3cccc4ccccc34)CC2)ccc1OC. The molecule has 1 heterocycles. The van der Waals surface area contributed by atoms with E-state index in [2.05, 4.69) is 47.4 Å². The maximum absolute atomic E-state index is 13.1. The number of benzene rings is 3. The fourth-order valence-corrected chi connectivity index (χ4v) is 4.20. The fraction of sp³-hybridized carbons (Fsp3) is 0.346. The van der Waals surface area contributed by atoms with E-state index in [1.807, 2.05) is 30.0 Å². The van der Waals surface area contributed by atoms with Crippen molar-refractivity contribution in [2.45, 2.75) is 20.1 Å². The Morgan fingerprint density at radius 3 is 2.48 bits per heavy atom. The first kappa shape index (κ1) is 21.3. The zero-order valence-corrected chi connectivity index (χ0v) is 18.3. The zero-order chi connectivity index (χ0) is 21.6. The van der Waals surface area contributed by atoms with Gasteiger partial charge in [0.2, 0.25) is 0 Å². The minimum atomic E-state index is 0.0743. The molecule has 0 bridgehead atoms. The van der Waals surface area contributed by atoms with E-state index in [0.717, 1.165) is 44.0 Å². The number of piperazine rings is 1. The van der Waals surface area contributed by atoms with Crippen LogP contribution < -0.4 is 4.74 Å². The molecule has 1 saturated heterocycles. The maximum atomic E-state index is 13.1. The number of rotatable bonds is 7. The highest BCUT2D eigenvalue weighted by Gasteiger charge is 2.23. The third-order valence-corrected chi connectivity index (χ3v) is 5.92. The molecule has 3 aromatic carbocycles. The van der Waals surface area contributed by atoms with Crippen molar-refractivity contribution in [3.63, 3.8) is 0 Å². The molecule has 1 aliphatic heterocycles. The summed E-state index contributed by atoms with van der Waals surface area (Å²) in [5.41, 5.74) is 2.94. The lowest BCUT2D eigenvalue weighted by atomic mass is 10.0. The van der Waals surface area contributed by atoms with Crippen molar-refractivity contribution in [1.29, 1.82) is 0 Å². The number of fused-ring (bicyclic) bond motifs is 1. The topological polar surface area (TPSA) is 42.0 Å². The van der Waals surface area contributed by atoms with Gasteiger partial charge in [0.05, 0.1) is 13.7 Å². The van der Waals surface area contributed by atoms with Crippen LogP contribution in [0.2, 0.25) is 0 Å². The van der Waals surface area contributed by atoms with E-state index in [9.17, 15) is 4.79 Å². The van der Waals surface area contributed by atoms with Gasteiger partial charge in [0.25, 0.3) is 5.91 Å². The highest BCUT2D eigenvalue weighted by atomic mass is 16.5. The van der Waals surface area contributed by atoms with Gasteiger partial charge >= 0.3 is 0 Å². The maximum Gasteiger partial charge on any atom is 0.253 e. The van der Waals surface area contributed by atoms with Crippen LogP contribution in [-0.4, -0.2) is 55.6 Å². The fourth-order valence-electron chi connectivity index (χ4n) is 4.20. The molecular weight excluding hydrogens is 388 g/mol. The van der Waals surface area contributed by atoms with Crippen LogP contribution in [0.15, 0.2) is 60.7 Å². The van der Waals surface area contributed by atoms with E-state index < -0.39 is 0 Å². The first-order valence-corrected chi connectivity index (χ1v) is 10.9. The summed E-state index contributed by atoms with van der Waals surface area (Å²) in [5.74, 6) is 0.829. The van der Waals surface area contributed by atoms with Crippen molar-refractivity contribution in [2.75, 3.05) is 39.9 Å². The molecule has 4 rings (SSSR count). The summed E-state index contributed by atoms with van der Waals surface area (Å²) in [7, 11) is 1.64. The molecule has 1 fully saturated rings. The van der Waals surface area contributed by atoms with Crippen LogP contribution in [0.1, 0.15) is 28.4 Å². The number of hydrogen-bond donors (Lipinski definition) is 0. The molecule has 5 heteroatoms. The highest BCUT2D eigenvalue weighted by molar-refractivity contribution is 5.94. The Balaban J connectivity index is 1.40. The zero-order valence-electron chi connectivity index (χ0n) is 18.3. The largest absolute Gasteiger partial charge is 0.496 e. The molecule has 0 radical (unpaired) electrons. The van der Waals surface area contributed by atoms with E-state index >= 15 is 0 Å². The van der Waals surface area contributed by atoms with Gasteiger partial charge in [-0.1, -0.05) is 42.5 Å². The number of ether oxygens (including phenoxy) is 2. The second-order valence-electron chi connectivity index (χ2n) is 7.87. The third kappa shape index (κ3) is 4.89. The van der Waals surface area contributed by atoms with Gasteiger partial charge in [-0.25, -0.2) is 0 Å². The van der Waals surface area contributed by atoms with Crippen LogP contribution in [0.25, 0.3) is 10.8 Å². The van der Waals surface area contributed by atoms with Crippen molar-refractivity contribution < 1.29 is 14.3 Å². The molecule has 162 valence electrons. The molecule has 31 heavy (non-hydrogen) atoms. The predicted octanol–water partition coefficient (Wildman–Crippen LogP) is 4.34. The monoisotopic (exact) mass is 418 g/mol. The molecular formula is C26H30N2O3. The van der Waals surface area contributed by atoms with Gasteiger partial charge in [-0.15, -0.1) is 0 Å². The first-order chi connectivity index (χ1) is 15.2. The van der Waals surface area contributed by atoms with Crippen molar-refractivity contribution >= 4 is 16.7 Å². The number of amides is 1. The summed E-state index contributed by atoms with van der Waals surface area (Å²) in [5, 5.41) is 2.58. The summed E-state index contributed by atoms with van der Waals surface area (Å²) in [6.45, 7) is 7.14. The van der Waals surface area contributed by atoms with E-state index in [4.69, 9.17) is 9.47 Å². The molecule has 1 amide bonds. The van der Waals surface area contributed by atoms with Gasteiger partial charge in [-0.05, 0) is 41.5 Å². The van der Waals surface area contributed by atoms with E-state index in [0.29, 0.717) is 18.8 Å². The lowest BCUT2D eigenvalue weighted by Gasteiger charge is -2.35. The van der Waals surface area contributed by atoms with Crippen LogP contribution in [0.4, 0.5) is 0 Å². The van der Waals surface area contributed by atoms with Crippen molar-refractivity contribution in [3.8, 4) is 5.75 Å². The Hall–Kier alpha value is -2.89. The average molecular weight is 419 g/mol. The Morgan fingerprint density at radius 1 is 0.935 bits per heavy atom. The Kier molecular flexibility index (Phi) is 6.85. The van der Waals surface area contributed by atoms with Gasteiger partial charge in [0.15, 0.2) is 0 Å². The quantitative estimate of drug-likeness (QED) is 0.572. The molecule has 5 nitrogen and oxygen atoms in total. The third-order valence-electron chi connectivity index (χ3n) is 5.92. The van der Waals surface area contributed by atoms with Crippen LogP contribution in [0, 0.1) is 0 Å². The summed E-state index contributed by atoms with van der Waals surface area (Å²) >= 11 is 0. The number of nitrogens with zero attached hydrogens (tertiary/aromatic N) is 2. The molecule has 0 atom stereocenters. The van der Waals surface area contributed by atoms with Crippen LogP contribution >= 0.6 is 0 Å². The minimum absolute atomic E-state index is 0.0743. The van der Waals surface area contributed by atoms with Gasteiger partial charge in [0, 0.05) is 50.5 Å². The summed E-state index contributed by atoms with van der Waals surface area (Å²) in [6, 6.07) is 20.6. The minimum Gasteiger partial charge on any atom is -0.496 e. The molecule has 3 aromatic rings. The molecule has 0 saturated carbocycles. The first-order valence-electron chi connectivity index (χ1n) is 10.9. The van der Waals surface area contributed by atoms with Gasteiger partial charge in [-0.3, -0.25) is 9.69 Å². The molecule has 0 spiro atoms. The van der Waals surface area contributed by atoms with Crippen LogP contribution in [0.5, 0.6) is 5.75 Å². The van der Waals surface area contributed by atoms with E-state index in [1.165, 1.54) is 16.3 Å². The van der Waals surface area contributed by atoms with E-state index in [1.54, 1.807) is 7.11 Å². The summed E-state index contributed by atoms with van der Waals surface area (Å²) in [4.78, 5) is 17.5. The predicted molar refractivity (Wildman–Crippen MR) is 123 cm³/mol. The Morgan fingerprint density at radius 2 is 1.71 bits per heavy atom. The Bertz CT molecular complexity index is 1040. The standard InChI is InChI=1S/C26H30N2O3/c1-3-31-19-23-17-21(11-12-25(23)30-2)26(29)28-15-13-27(14-16-28)18-22-9-6-8-20-7-4-5-10-24(20)22/h4-12,17H,3,13-16,18-19H2,1-2H3. The van der Waals surface area contributed by atoms with Crippen LogP contribution in [0.3, 0.4) is 0 Å². The molecule has 0 unspecified atom stereocenters. The van der Waals surface area contributed by atoms with Gasteiger partial charge < -0.3 is 14.4 Å². The summed E-state index contributed by atoms with van der Waals surface area (Å²) < 4.78 is 10.9. The number of carbonyl (C=O) groups is 1. The Labute approximate surface area is 184 Å². The highest BCUT2D eigenvalue weighted by Crippen LogP contribution is 2.23. The van der Waals surface area contributed by atoms with Crippen molar-refractivity contribution in [3.05, 3.63) is 77.4 Å². The van der Waals surface area contributed by atoms with Crippen molar-refractivity contribution in [1.82, 2.24) is 9.80 Å². The molecule has 0 N–H and O–H groups in total. The smallest absolute Gasteiger partial charge is 0.253 e. The van der Waals surface area contributed by atoms with Crippen LogP contribution in [-0.2, 0) is 17.9 Å². The van der Waals surface area contributed by atoms with Gasteiger partial charge in [0.1, 0.15) is 5.75 Å². The average Bonchev–Trinajstić information content (AvgIpc) is 2.83. The lowest BCUT2D eigenvalue weighted by molar-refractivity contribution is 0.0628. The normalized spacial score (nSPS) is 14.7. The number of hydrogen-bond acceptors (Lipinski definition) is 4. The van der Waals surface area contributed by atoms with Gasteiger partial charge in [-0.2, -0.15) is 0 Å². The van der Waals surface area contributed by atoms with Crippen molar-refractivity contribution in [2.24, 2.45) is 0 Å². The number of carbonyl (C=O) groups excluding carboxylic acids is 1. The molecule has 0 aliphatic carbocycles. The lowest BCUT2D eigenvalue weighted by Crippen LogP contribution is -2.48. The second-order valence-corrected chi connectivity index (χ2v) is 7.87. The van der Waals surface area contributed by atoms with E-state index in [-0.39, 0.29) is 5.91 Å². The second kappa shape index (κ2) is 9.94. The molecule has 1 aliphatic rings. The number of methoxy groups -OCH3 is 1. The summed E-state index contributed by atoms with van der Waals surface area (Å²) in [6.07, 6.45) is 0. The molecule has 0 aromatic heterocycles.